The van der Waals surface area contributed by atoms with Crippen LogP contribution in [0.3, 0.4) is 0 Å². The number of nitrogens with one attached hydrogen (secondary N) is 1. The molecule has 1 aliphatic heterocycles. The fraction of sp³-hybridized carbons (Fsp3) is 0.611. The molecule has 122 valence electrons. The molecule has 22 heavy (non-hydrogen) atoms. The SMILES string of the molecule is COc1c(CNC(=O)C2CCCO2)cc(C)cc1C(C)(C)C. The number of carbonyl (C=O) groups is 1. The second-order valence-corrected chi connectivity index (χ2v) is 6.97. The Labute approximate surface area is 133 Å². The predicted octanol–water partition coefficient (Wildman–Crippen LogP) is 3.10. The number of methoxy groups -OCH3 is 1. The van der Waals surface area contributed by atoms with Crippen molar-refractivity contribution in [2.45, 2.75) is 58.6 Å². The Morgan fingerprint density at radius 3 is 2.68 bits per heavy atom. The Bertz CT molecular complexity index is 540. The third-order valence-electron chi connectivity index (χ3n) is 4.00. The molecule has 0 radical (unpaired) electrons. The molecule has 1 heterocycles. The molecule has 1 amide bonds. The van der Waals surface area contributed by atoms with E-state index in [9.17, 15) is 4.79 Å². The molecule has 1 unspecified atom stereocenters. The predicted molar refractivity (Wildman–Crippen MR) is 87.3 cm³/mol. The molecule has 4 heteroatoms. The van der Waals surface area contributed by atoms with Crippen molar-refractivity contribution < 1.29 is 14.3 Å². The zero-order valence-corrected chi connectivity index (χ0v) is 14.3. The molecule has 1 aromatic rings. The maximum atomic E-state index is 12.1. The standard InChI is InChI=1S/C18H27NO3/c1-12-9-13(11-19-17(20)15-7-6-8-22-15)16(21-5)14(10-12)18(2,3)4/h9-10,15H,6-8,11H2,1-5H3,(H,19,20). The molecule has 1 fully saturated rings. The summed E-state index contributed by atoms with van der Waals surface area (Å²) in [6.45, 7) is 9.71. The van der Waals surface area contributed by atoms with Gasteiger partial charge in [0.15, 0.2) is 0 Å². The van der Waals surface area contributed by atoms with Crippen LogP contribution in [0.25, 0.3) is 0 Å². The first-order valence-electron chi connectivity index (χ1n) is 7.90. The van der Waals surface area contributed by atoms with Crippen LogP contribution in [0.15, 0.2) is 12.1 Å². The second kappa shape index (κ2) is 6.69. The second-order valence-electron chi connectivity index (χ2n) is 6.97. The van der Waals surface area contributed by atoms with Crippen LogP contribution < -0.4 is 10.1 Å². The maximum absolute atomic E-state index is 12.1. The molecule has 0 aromatic heterocycles. The Morgan fingerprint density at radius 2 is 2.14 bits per heavy atom. The van der Waals surface area contributed by atoms with Gasteiger partial charge in [0.1, 0.15) is 11.9 Å². The molecular weight excluding hydrogens is 278 g/mol. The Kier molecular flexibility index (Phi) is 5.12. The van der Waals surface area contributed by atoms with E-state index >= 15 is 0 Å². The zero-order valence-electron chi connectivity index (χ0n) is 14.3. The molecule has 1 N–H and O–H groups in total. The van der Waals surface area contributed by atoms with Crippen LogP contribution in [-0.4, -0.2) is 25.7 Å². The van der Waals surface area contributed by atoms with Crippen molar-refractivity contribution in [3.8, 4) is 5.75 Å². The number of carbonyl (C=O) groups excluding carboxylic acids is 1. The lowest BCUT2D eigenvalue weighted by Crippen LogP contribution is -2.33. The Balaban J connectivity index is 2.19. The van der Waals surface area contributed by atoms with Gasteiger partial charge >= 0.3 is 0 Å². The van der Waals surface area contributed by atoms with Gasteiger partial charge in [-0.3, -0.25) is 4.79 Å². The molecule has 2 rings (SSSR count). The lowest BCUT2D eigenvalue weighted by atomic mass is 9.84. The first-order valence-corrected chi connectivity index (χ1v) is 7.90. The minimum absolute atomic E-state index is 0.00924. The molecule has 0 bridgehead atoms. The summed E-state index contributed by atoms with van der Waals surface area (Å²) >= 11 is 0. The normalized spacial score (nSPS) is 18.3. The molecule has 0 saturated carbocycles. The first kappa shape index (κ1) is 16.8. The van der Waals surface area contributed by atoms with Gasteiger partial charge < -0.3 is 14.8 Å². The molecule has 1 aromatic carbocycles. The third kappa shape index (κ3) is 3.80. The average Bonchev–Trinajstić information content (AvgIpc) is 2.97. The topological polar surface area (TPSA) is 47.6 Å². The Morgan fingerprint density at radius 1 is 1.41 bits per heavy atom. The number of aryl methyl sites for hydroxylation is 1. The van der Waals surface area contributed by atoms with Crippen LogP contribution in [0.4, 0.5) is 0 Å². The fourth-order valence-corrected chi connectivity index (χ4v) is 2.86. The molecular formula is C18H27NO3. The number of rotatable bonds is 4. The monoisotopic (exact) mass is 305 g/mol. The van der Waals surface area contributed by atoms with Crippen LogP contribution in [0, 0.1) is 6.92 Å². The van der Waals surface area contributed by atoms with Gasteiger partial charge in [-0.15, -0.1) is 0 Å². The quantitative estimate of drug-likeness (QED) is 0.930. The van der Waals surface area contributed by atoms with E-state index in [0.29, 0.717) is 13.2 Å². The van der Waals surface area contributed by atoms with Crippen molar-refractivity contribution in [3.63, 3.8) is 0 Å². The minimum Gasteiger partial charge on any atom is -0.496 e. The van der Waals surface area contributed by atoms with E-state index in [4.69, 9.17) is 9.47 Å². The van der Waals surface area contributed by atoms with Crippen LogP contribution in [0.1, 0.15) is 50.3 Å². The van der Waals surface area contributed by atoms with Crippen molar-refractivity contribution in [3.05, 3.63) is 28.8 Å². The summed E-state index contributed by atoms with van der Waals surface area (Å²) in [5.74, 6) is 0.837. The first-order chi connectivity index (χ1) is 10.3. The largest absolute Gasteiger partial charge is 0.496 e. The van der Waals surface area contributed by atoms with E-state index in [1.165, 1.54) is 5.56 Å². The van der Waals surface area contributed by atoms with Crippen LogP contribution in [-0.2, 0) is 21.5 Å². The van der Waals surface area contributed by atoms with Gasteiger partial charge in [-0.25, -0.2) is 0 Å². The lowest BCUT2D eigenvalue weighted by molar-refractivity contribution is -0.130. The van der Waals surface area contributed by atoms with Crippen molar-refractivity contribution in [2.24, 2.45) is 0 Å². The van der Waals surface area contributed by atoms with Crippen LogP contribution in [0.2, 0.25) is 0 Å². The van der Waals surface area contributed by atoms with Gasteiger partial charge in [0.05, 0.1) is 7.11 Å². The summed E-state index contributed by atoms with van der Waals surface area (Å²) in [7, 11) is 1.69. The molecule has 0 spiro atoms. The van der Waals surface area contributed by atoms with E-state index in [1.807, 2.05) is 0 Å². The van der Waals surface area contributed by atoms with Gasteiger partial charge in [0, 0.05) is 24.3 Å². The number of amides is 1. The maximum Gasteiger partial charge on any atom is 0.249 e. The summed E-state index contributed by atoms with van der Waals surface area (Å²) in [5.41, 5.74) is 3.34. The minimum atomic E-state index is -0.294. The average molecular weight is 305 g/mol. The summed E-state index contributed by atoms with van der Waals surface area (Å²) in [4.78, 5) is 12.1. The molecule has 1 atom stereocenters. The summed E-state index contributed by atoms with van der Waals surface area (Å²) < 4.78 is 11.1. The zero-order chi connectivity index (χ0) is 16.3. The highest BCUT2D eigenvalue weighted by Gasteiger charge is 2.25. The van der Waals surface area contributed by atoms with E-state index in [2.05, 4.69) is 45.1 Å². The third-order valence-corrected chi connectivity index (χ3v) is 4.00. The van der Waals surface area contributed by atoms with Crippen molar-refractivity contribution in [1.82, 2.24) is 5.32 Å². The van der Waals surface area contributed by atoms with Gasteiger partial charge in [-0.05, 0) is 25.2 Å². The molecule has 1 aliphatic rings. The fourth-order valence-electron chi connectivity index (χ4n) is 2.86. The van der Waals surface area contributed by atoms with E-state index in [0.717, 1.165) is 29.7 Å². The smallest absolute Gasteiger partial charge is 0.249 e. The highest BCUT2D eigenvalue weighted by atomic mass is 16.5. The van der Waals surface area contributed by atoms with Crippen molar-refractivity contribution in [1.29, 1.82) is 0 Å². The molecule has 1 saturated heterocycles. The van der Waals surface area contributed by atoms with E-state index in [-0.39, 0.29) is 17.4 Å². The summed E-state index contributed by atoms with van der Waals surface area (Å²) in [6.07, 6.45) is 1.47. The summed E-state index contributed by atoms with van der Waals surface area (Å²) in [5, 5.41) is 2.98. The van der Waals surface area contributed by atoms with Gasteiger partial charge in [-0.1, -0.05) is 38.5 Å². The highest BCUT2D eigenvalue weighted by Crippen LogP contribution is 2.35. The van der Waals surface area contributed by atoms with E-state index < -0.39 is 0 Å². The van der Waals surface area contributed by atoms with Gasteiger partial charge in [0.2, 0.25) is 5.91 Å². The van der Waals surface area contributed by atoms with Crippen LogP contribution >= 0.6 is 0 Å². The van der Waals surface area contributed by atoms with Crippen LogP contribution in [0.5, 0.6) is 5.75 Å². The Hall–Kier alpha value is -1.55. The van der Waals surface area contributed by atoms with Crippen molar-refractivity contribution >= 4 is 5.91 Å². The van der Waals surface area contributed by atoms with Gasteiger partial charge in [0.25, 0.3) is 0 Å². The molecule has 0 aliphatic carbocycles. The number of ether oxygens (including phenoxy) is 2. The van der Waals surface area contributed by atoms with E-state index in [1.54, 1.807) is 7.11 Å². The lowest BCUT2D eigenvalue weighted by Gasteiger charge is -2.25. The number of hydrogen-bond donors (Lipinski definition) is 1. The number of benzene rings is 1. The van der Waals surface area contributed by atoms with Crippen molar-refractivity contribution in [2.75, 3.05) is 13.7 Å². The molecule has 4 nitrogen and oxygen atoms in total. The number of hydrogen-bond acceptors (Lipinski definition) is 3. The highest BCUT2D eigenvalue weighted by molar-refractivity contribution is 5.81. The van der Waals surface area contributed by atoms with Gasteiger partial charge in [-0.2, -0.15) is 0 Å². The summed E-state index contributed by atoms with van der Waals surface area (Å²) in [6, 6.07) is 4.23.